The minimum Gasteiger partial charge on any atom is -0.454 e. The Kier molecular flexibility index (Phi) is 3.87. The van der Waals surface area contributed by atoms with E-state index in [9.17, 15) is 4.79 Å². The summed E-state index contributed by atoms with van der Waals surface area (Å²) in [4.78, 5) is 13.7. The number of carbonyl (C=O) groups is 1. The molecule has 0 atom stereocenters. The Morgan fingerprint density at radius 1 is 1.13 bits per heavy atom. The van der Waals surface area contributed by atoms with Crippen LogP contribution < -0.4 is 14.8 Å². The number of carbonyl (C=O) groups excluding carboxylic acids is 1. The largest absolute Gasteiger partial charge is 0.454 e. The number of aryl methyl sites for hydroxylation is 1. The van der Waals surface area contributed by atoms with Crippen molar-refractivity contribution in [3.8, 4) is 11.5 Å². The first-order valence-electron chi connectivity index (χ1n) is 7.72. The molecule has 118 valence electrons. The molecule has 4 nitrogen and oxygen atoms in total. The second-order valence-corrected chi connectivity index (χ2v) is 6.78. The fraction of sp³-hybridized carbons (Fsp3) is 0.278. The number of hydrogen-bond donors (Lipinski definition) is 1. The first-order valence-corrected chi connectivity index (χ1v) is 8.70. The molecule has 0 radical (unpaired) electrons. The Bertz CT molecular complexity index is 760. The van der Waals surface area contributed by atoms with Crippen molar-refractivity contribution in [2.75, 3.05) is 12.5 Å². The zero-order valence-corrected chi connectivity index (χ0v) is 13.4. The predicted molar refractivity (Wildman–Crippen MR) is 89.2 cm³/mol. The summed E-state index contributed by atoms with van der Waals surface area (Å²) in [5, 5.41) is 2.97. The fourth-order valence-corrected chi connectivity index (χ4v) is 3.86. The van der Waals surface area contributed by atoms with Gasteiger partial charge in [0.15, 0.2) is 11.5 Å². The van der Waals surface area contributed by atoms with Gasteiger partial charge >= 0.3 is 0 Å². The Morgan fingerprint density at radius 2 is 2.04 bits per heavy atom. The standard InChI is InChI=1S/C18H17NO3S/c20-18(14-4-6-17-13(9-14)2-1-7-23-17)19-10-12-3-5-15-16(8-12)22-11-21-15/h3-6,8-9H,1-2,7,10-11H2,(H,19,20). The van der Waals surface area contributed by atoms with Crippen LogP contribution in [0.3, 0.4) is 0 Å². The zero-order valence-electron chi connectivity index (χ0n) is 12.6. The van der Waals surface area contributed by atoms with Gasteiger partial charge in [0.2, 0.25) is 6.79 Å². The van der Waals surface area contributed by atoms with Crippen molar-refractivity contribution < 1.29 is 14.3 Å². The lowest BCUT2D eigenvalue weighted by Crippen LogP contribution is -2.23. The van der Waals surface area contributed by atoms with Crippen molar-refractivity contribution in [1.82, 2.24) is 5.32 Å². The van der Waals surface area contributed by atoms with Crippen molar-refractivity contribution in [3.05, 3.63) is 53.1 Å². The highest BCUT2D eigenvalue weighted by Gasteiger charge is 2.15. The van der Waals surface area contributed by atoms with Gasteiger partial charge < -0.3 is 14.8 Å². The molecule has 1 N–H and O–H groups in total. The van der Waals surface area contributed by atoms with Crippen molar-refractivity contribution in [2.24, 2.45) is 0 Å². The minimum absolute atomic E-state index is 0.0407. The Balaban J connectivity index is 1.44. The normalized spacial score (nSPS) is 15.1. The molecule has 0 saturated heterocycles. The smallest absolute Gasteiger partial charge is 0.251 e. The summed E-state index contributed by atoms with van der Waals surface area (Å²) >= 11 is 1.87. The molecule has 2 aromatic rings. The van der Waals surface area contributed by atoms with Gasteiger partial charge in [-0.3, -0.25) is 4.79 Å². The van der Waals surface area contributed by atoms with Crippen molar-refractivity contribution in [2.45, 2.75) is 24.3 Å². The first-order chi connectivity index (χ1) is 11.3. The monoisotopic (exact) mass is 327 g/mol. The summed E-state index contributed by atoms with van der Waals surface area (Å²) in [5.41, 5.74) is 3.01. The molecule has 0 aliphatic carbocycles. The summed E-state index contributed by atoms with van der Waals surface area (Å²) in [7, 11) is 0. The number of nitrogens with one attached hydrogen (secondary N) is 1. The fourth-order valence-electron chi connectivity index (χ4n) is 2.84. The number of amides is 1. The molecule has 0 saturated carbocycles. The molecule has 4 rings (SSSR count). The van der Waals surface area contributed by atoms with Gasteiger partial charge in [-0.15, -0.1) is 11.8 Å². The van der Waals surface area contributed by atoms with Crippen LogP contribution in [-0.4, -0.2) is 18.5 Å². The Labute approximate surface area is 139 Å². The van der Waals surface area contributed by atoms with E-state index < -0.39 is 0 Å². The Hall–Kier alpha value is -2.14. The predicted octanol–water partition coefficient (Wildman–Crippen LogP) is 3.38. The van der Waals surface area contributed by atoms with Crippen LogP contribution in [0.4, 0.5) is 0 Å². The van der Waals surface area contributed by atoms with Gasteiger partial charge in [-0.25, -0.2) is 0 Å². The maximum atomic E-state index is 12.4. The van der Waals surface area contributed by atoms with Crippen LogP contribution in [0.1, 0.15) is 27.9 Å². The van der Waals surface area contributed by atoms with E-state index in [1.165, 1.54) is 22.6 Å². The van der Waals surface area contributed by atoms with Crippen LogP contribution in [0.15, 0.2) is 41.3 Å². The van der Waals surface area contributed by atoms with Crippen LogP contribution in [0, 0.1) is 0 Å². The van der Waals surface area contributed by atoms with E-state index in [0.717, 1.165) is 29.0 Å². The van der Waals surface area contributed by atoms with E-state index in [0.29, 0.717) is 6.54 Å². The number of ether oxygens (including phenoxy) is 2. The van der Waals surface area contributed by atoms with Gasteiger partial charge in [0.1, 0.15) is 0 Å². The summed E-state index contributed by atoms with van der Waals surface area (Å²) in [6.07, 6.45) is 2.24. The molecule has 2 aliphatic heterocycles. The molecule has 0 fully saturated rings. The van der Waals surface area contributed by atoms with E-state index >= 15 is 0 Å². The Morgan fingerprint density at radius 3 is 3.00 bits per heavy atom. The van der Waals surface area contributed by atoms with Crippen LogP contribution >= 0.6 is 11.8 Å². The van der Waals surface area contributed by atoms with Crippen LogP contribution in [-0.2, 0) is 13.0 Å². The zero-order chi connectivity index (χ0) is 15.6. The van der Waals surface area contributed by atoms with Crippen LogP contribution in [0.5, 0.6) is 11.5 Å². The van der Waals surface area contributed by atoms with Crippen LogP contribution in [0.2, 0.25) is 0 Å². The minimum atomic E-state index is -0.0407. The molecular formula is C18H17NO3S. The highest BCUT2D eigenvalue weighted by atomic mass is 32.2. The van der Waals surface area contributed by atoms with Gasteiger partial charge in [0.05, 0.1) is 0 Å². The third kappa shape index (κ3) is 3.01. The van der Waals surface area contributed by atoms with E-state index in [-0.39, 0.29) is 12.7 Å². The molecule has 0 spiro atoms. The number of rotatable bonds is 3. The second kappa shape index (κ2) is 6.16. The lowest BCUT2D eigenvalue weighted by Gasteiger charge is -2.16. The average Bonchev–Trinajstić information content (AvgIpc) is 3.07. The second-order valence-electron chi connectivity index (χ2n) is 5.64. The van der Waals surface area contributed by atoms with E-state index in [1.54, 1.807) is 0 Å². The molecule has 2 heterocycles. The maximum absolute atomic E-state index is 12.4. The summed E-state index contributed by atoms with van der Waals surface area (Å²) in [5.74, 6) is 2.62. The van der Waals surface area contributed by atoms with Crippen LogP contribution in [0.25, 0.3) is 0 Å². The molecule has 23 heavy (non-hydrogen) atoms. The molecule has 2 aliphatic rings. The van der Waals surface area contributed by atoms with Crippen molar-refractivity contribution >= 4 is 17.7 Å². The molecule has 1 amide bonds. The summed E-state index contributed by atoms with van der Waals surface area (Å²) in [6, 6.07) is 11.7. The quantitative estimate of drug-likeness (QED) is 0.939. The van der Waals surface area contributed by atoms with Gasteiger partial charge in [0.25, 0.3) is 5.91 Å². The first kappa shape index (κ1) is 14.5. The van der Waals surface area contributed by atoms with Crippen molar-refractivity contribution in [3.63, 3.8) is 0 Å². The molecule has 0 unspecified atom stereocenters. The van der Waals surface area contributed by atoms with E-state index in [4.69, 9.17) is 9.47 Å². The van der Waals surface area contributed by atoms with E-state index in [2.05, 4.69) is 11.4 Å². The van der Waals surface area contributed by atoms with Crippen molar-refractivity contribution in [1.29, 1.82) is 0 Å². The topological polar surface area (TPSA) is 47.6 Å². The van der Waals surface area contributed by atoms with Gasteiger partial charge in [0, 0.05) is 17.0 Å². The number of benzene rings is 2. The highest BCUT2D eigenvalue weighted by molar-refractivity contribution is 7.99. The maximum Gasteiger partial charge on any atom is 0.251 e. The van der Waals surface area contributed by atoms with E-state index in [1.807, 2.05) is 42.1 Å². The SMILES string of the molecule is O=C(NCc1ccc2c(c1)OCO2)c1ccc2c(c1)CCCS2. The third-order valence-corrected chi connectivity index (χ3v) is 5.26. The lowest BCUT2D eigenvalue weighted by atomic mass is 10.1. The van der Waals surface area contributed by atoms with Gasteiger partial charge in [-0.05, 0) is 60.1 Å². The molecule has 0 aromatic heterocycles. The number of thioether (sulfide) groups is 1. The number of hydrogen-bond acceptors (Lipinski definition) is 4. The third-order valence-electron chi connectivity index (χ3n) is 4.06. The molecule has 0 bridgehead atoms. The number of fused-ring (bicyclic) bond motifs is 2. The highest BCUT2D eigenvalue weighted by Crippen LogP contribution is 2.32. The average molecular weight is 327 g/mol. The molecule has 5 heteroatoms. The molecular weight excluding hydrogens is 310 g/mol. The lowest BCUT2D eigenvalue weighted by molar-refractivity contribution is 0.0950. The summed E-state index contributed by atoms with van der Waals surface area (Å²) < 4.78 is 10.6. The van der Waals surface area contributed by atoms with Gasteiger partial charge in [-0.1, -0.05) is 6.07 Å². The summed E-state index contributed by atoms with van der Waals surface area (Å²) in [6.45, 7) is 0.736. The van der Waals surface area contributed by atoms with Gasteiger partial charge in [-0.2, -0.15) is 0 Å². The molecule has 2 aromatic carbocycles.